The lowest BCUT2D eigenvalue weighted by molar-refractivity contribution is 0.938. The maximum Gasteiger partial charge on any atom is 0.0447 e. The van der Waals surface area contributed by atoms with Crippen molar-refractivity contribution in [3.8, 4) is 0 Å². The molecule has 0 radical (unpaired) electrons. The standard InChI is InChI=1S/C19H26N2/c1-4-9-17(15-19-13-6-7-14-21-19)11-8-12-18(10-5-2)16-20-3/h6-9,11-14,16H,4-5,10,15H2,1-3H3/b11-8+,17-9+,18-12-,20-16-. The molecule has 2 nitrogen and oxygen atoms in total. The van der Waals surface area contributed by atoms with Crippen molar-refractivity contribution in [3.05, 3.63) is 65.5 Å². The van der Waals surface area contributed by atoms with Crippen molar-refractivity contribution in [3.63, 3.8) is 0 Å². The lowest BCUT2D eigenvalue weighted by atomic mass is 10.1. The summed E-state index contributed by atoms with van der Waals surface area (Å²) in [5, 5.41) is 0. The van der Waals surface area contributed by atoms with Crippen LogP contribution in [0.15, 0.2) is 64.8 Å². The average Bonchev–Trinajstić information content (AvgIpc) is 2.49. The van der Waals surface area contributed by atoms with Crippen LogP contribution < -0.4 is 0 Å². The van der Waals surface area contributed by atoms with Crippen LogP contribution >= 0.6 is 0 Å². The van der Waals surface area contributed by atoms with Crippen LogP contribution in [-0.4, -0.2) is 18.2 Å². The minimum atomic E-state index is 0.879. The van der Waals surface area contributed by atoms with Crippen LogP contribution in [0, 0.1) is 0 Å². The molecule has 0 atom stereocenters. The van der Waals surface area contributed by atoms with Gasteiger partial charge in [0.05, 0.1) is 0 Å². The SMILES string of the molecule is CC\C=C(/C=C/C=C(\C=N/C)CCC)Cc1ccccn1. The van der Waals surface area contributed by atoms with Gasteiger partial charge in [0.2, 0.25) is 0 Å². The van der Waals surface area contributed by atoms with Crippen LogP contribution in [0.4, 0.5) is 0 Å². The van der Waals surface area contributed by atoms with Gasteiger partial charge in [-0.25, -0.2) is 0 Å². The van der Waals surface area contributed by atoms with Gasteiger partial charge in [-0.2, -0.15) is 0 Å². The van der Waals surface area contributed by atoms with Gasteiger partial charge >= 0.3 is 0 Å². The molecule has 112 valence electrons. The summed E-state index contributed by atoms with van der Waals surface area (Å²) >= 11 is 0. The number of pyridine rings is 1. The Morgan fingerprint density at radius 1 is 1.24 bits per heavy atom. The largest absolute Gasteiger partial charge is 0.296 e. The topological polar surface area (TPSA) is 25.2 Å². The Morgan fingerprint density at radius 2 is 2.10 bits per heavy atom. The highest BCUT2D eigenvalue weighted by Crippen LogP contribution is 2.09. The summed E-state index contributed by atoms with van der Waals surface area (Å²) in [6.45, 7) is 4.35. The molecular formula is C19H26N2. The predicted molar refractivity (Wildman–Crippen MR) is 92.9 cm³/mol. The van der Waals surface area contributed by atoms with Crippen molar-refractivity contribution in [2.24, 2.45) is 4.99 Å². The molecular weight excluding hydrogens is 256 g/mol. The van der Waals surface area contributed by atoms with Crippen LogP contribution in [0.5, 0.6) is 0 Å². The van der Waals surface area contributed by atoms with E-state index in [1.165, 1.54) is 11.1 Å². The molecule has 1 aromatic heterocycles. The minimum Gasteiger partial charge on any atom is -0.296 e. The monoisotopic (exact) mass is 282 g/mol. The molecule has 0 saturated carbocycles. The fourth-order valence-electron chi connectivity index (χ4n) is 2.11. The van der Waals surface area contributed by atoms with E-state index in [-0.39, 0.29) is 0 Å². The van der Waals surface area contributed by atoms with Crippen LogP contribution in [-0.2, 0) is 6.42 Å². The lowest BCUT2D eigenvalue weighted by Crippen LogP contribution is -1.91. The molecule has 0 aliphatic rings. The molecule has 1 heterocycles. The molecule has 0 unspecified atom stereocenters. The van der Waals surface area contributed by atoms with E-state index >= 15 is 0 Å². The minimum absolute atomic E-state index is 0.879. The molecule has 1 aromatic rings. The molecule has 0 fully saturated rings. The van der Waals surface area contributed by atoms with Gasteiger partial charge in [0, 0.05) is 31.6 Å². The first-order valence-electron chi connectivity index (χ1n) is 7.68. The summed E-state index contributed by atoms with van der Waals surface area (Å²) in [6, 6.07) is 6.05. The van der Waals surface area contributed by atoms with Crippen molar-refractivity contribution < 1.29 is 0 Å². The summed E-state index contributed by atoms with van der Waals surface area (Å²) in [4.78, 5) is 8.50. The maximum absolute atomic E-state index is 4.39. The first-order chi connectivity index (χ1) is 10.3. The van der Waals surface area contributed by atoms with Crippen LogP contribution in [0.2, 0.25) is 0 Å². The number of aromatic nitrogens is 1. The highest BCUT2D eigenvalue weighted by Gasteiger charge is 1.96. The van der Waals surface area contributed by atoms with Crippen LogP contribution in [0.25, 0.3) is 0 Å². The normalized spacial score (nSPS) is 13.5. The molecule has 0 N–H and O–H groups in total. The fourth-order valence-corrected chi connectivity index (χ4v) is 2.11. The zero-order valence-electron chi connectivity index (χ0n) is 13.4. The highest BCUT2D eigenvalue weighted by molar-refractivity contribution is 5.78. The zero-order valence-corrected chi connectivity index (χ0v) is 13.4. The van der Waals surface area contributed by atoms with Crippen molar-refractivity contribution in [1.29, 1.82) is 0 Å². The van der Waals surface area contributed by atoms with Gasteiger partial charge in [-0.15, -0.1) is 0 Å². The summed E-state index contributed by atoms with van der Waals surface area (Å²) < 4.78 is 0. The molecule has 0 aromatic carbocycles. The van der Waals surface area contributed by atoms with E-state index in [4.69, 9.17) is 0 Å². The van der Waals surface area contributed by atoms with Crippen LogP contribution in [0.1, 0.15) is 38.8 Å². The third-order valence-corrected chi connectivity index (χ3v) is 3.03. The third kappa shape index (κ3) is 7.40. The fraction of sp³-hybridized carbons (Fsp3) is 0.368. The van der Waals surface area contributed by atoms with E-state index < -0.39 is 0 Å². The third-order valence-electron chi connectivity index (χ3n) is 3.03. The first kappa shape index (κ1) is 17.1. The first-order valence-corrected chi connectivity index (χ1v) is 7.68. The van der Waals surface area contributed by atoms with Gasteiger partial charge in [0.1, 0.15) is 0 Å². The van der Waals surface area contributed by atoms with E-state index in [0.717, 1.165) is 31.4 Å². The van der Waals surface area contributed by atoms with E-state index in [0.29, 0.717) is 0 Å². The van der Waals surface area contributed by atoms with Gasteiger partial charge in [0.25, 0.3) is 0 Å². The summed E-state index contributed by atoms with van der Waals surface area (Å²) in [7, 11) is 1.82. The smallest absolute Gasteiger partial charge is 0.0447 e. The number of hydrogen-bond acceptors (Lipinski definition) is 2. The quantitative estimate of drug-likeness (QED) is 0.489. The Bertz CT molecular complexity index is 508. The van der Waals surface area contributed by atoms with Gasteiger partial charge in [-0.05, 0) is 36.1 Å². The maximum atomic E-state index is 4.39. The molecule has 0 bridgehead atoms. The summed E-state index contributed by atoms with van der Waals surface area (Å²) in [5.74, 6) is 0. The van der Waals surface area contributed by atoms with E-state index in [1.807, 2.05) is 31.6 Å². The molecule has 0 spiro atoms. The van der Waals surface area contributed by atoms with Gasteiger partial charge < -0.3 is 0 Å². The van der Waals surface area contributed by atoms with Crippen molar-refractivity contribution in [2.45, 2.75) is 39.5 Å². The van der Waals surface area contributed by atoms with Gasteiger partial charge in [-0.1, -0.05) is 50.6 Å². The zero-order chi connectivity index (χ0) is 15.3. The Hall–Kier alpha value is -1.96. The highest BCUT2D eigenvalue weighted by atomic mass is 14.7. The molecule has 2 heteroatoms. The number of rotatable bonds is 8. The Morgan fingerprint density at radius 3 is 2.71 bits per heavy atom. The second kappa shape index (κ2) is 10.8. The molecule has 21 heavy (non-hydrogen) atoms. The van der Waals surface area contributed by atoms with E-state index in [1.54, 1.807) is 0 Å². The lowest BCUT2D eigenvalue weighted by Gasteiger charge is -2.02. The van der Waals surface area contributed by atoms with Gasteiger partial charge in [0.15, 0.2) is 0 Å². The van der Waals surface area contributed by atoms with Crippen LogP contribution in [0.3, 0.4) is 0 Å². The Kier molecular flexibility index (Phi) is 8.78. The average molecular weight is 282 g/mol. The predicted octanol–water partition coefficient (Wildman–Crippen LogP) is 4.94. The summed E-state index contributed by atoms with van der Waals surface area (Å²) in [5.41, 5.74) is 3.68. The second-order valence-electron chi connectivity index (χ2n) is 4.92. The number of aliphatic imine (C=N–C) groups is 1. The molecule has 0 aliphatic heterocycles. The number of nitrogens with zero attached hydrogens (tertiary/aromatic N) is 2. The molecule has 1 rings (SSSR count). The second-order valence-corrected chi connectivity index (χ2v) is 4.92. The number of hydrogen-bond donors (Lipinski definition) is 0. The molecule has 0 aliphatic carbocycles. The van der Waals surface area contributed by atoms with Crippen molar-refractivity contribution in [2.75, 3.05) is 7.05 Å². The Balaban J connectivity index is 2.76. The molecule has 0 amide bonds. The van der Waals surface area contributed by atoms with Crippen molar-refractivity contribution >= 4 is 6.21 Å². The van der Waals surface area contributed by atoms with E-state index in [2.05, 4.69) is 54.2 Å². The summed E-state index contributed by atoms with van der Waals surface area (Å²) in [6.07, 6.45) is 16.6. The molecule has 0 saturated heterocycles. The Labute approximate surface area is 129 Å². The van der Waals surface area contributed by atoms with E-state index in [9.17, 15) is 0 Å². The van der Waals surface area contributed by atoms with Gasteiger partial charge in [-0.3, -0.25) is 9.98 Å². The number of allylic oxidation sites excluding steroid dienone is 6. The van der Waals surface area contributed by atoms with Crippen molar-refractivity contribution in [1.82, 2.24) is 4.98 Å².